The van der Waals surface area contributed by atoms with Gasteiger partial charge >= 0.3 is 0 Å². The van der Waals surface area contributed by atoms with Gasteiger partial charge in [0.1, 0.15) is 11.3 Å². The number of halogens is 4. The molecular formula is C23H15Cl4N3O3S. The summed E-state index contributed by atoms with van der Waals surface area (Å²) in [5, 5.41) is 7.36. The molecule has 34 heavy (non-hydrogen) atoms. The minimum absolute atomic E-state index is 0.0867. The van der Waals surface area contributed by atoms with E-state index < -0.39 is 12.0 Å². The summed E-state index contributed by atoms with van der Waals surface area (Å²) in [6, 6.07) is 15.0. The number of carbonyl (C=O) groups is 1. The first-order chi connectivity index (χ1) is 16.2. The summed E-state index contributed by atoms with van der Waals surface area (Å²) in [5.41, 5.74) is 2.30. The fourth-order valence-corrected chi connectivity index (χ4v) is 4.01. The number of hydrogen-bond donors (Lipinski definition) is 2. The minimum Gasteiger partial charge on any atom is -0.479 e. The minimum atomic E-state index is -0.860. The molecule has 174 valence electrons. The van der Waals surface area contributed by atoms with Crippen molar-refractivity contribution in [2.45, 2.75) is 13.0 Å². The summed E-state index contributed by atoms with van der Waals surface area (Å²) in [4.78, 5) is 17.0. The molecule has 4 aromatic rings. The first-order valence-electron chi connectivity index (χ1n) is 9.79. The molecule has 1 unspecified atom stereocenters. The molecule has 0 spiro atoms. The van der Waals surface area contributed by atoms with Crippen molar-refractivity contribution < 1.29 is 13.9 Å². The Kier molecular flexibility index (Phi) is 7.50. The highest BCUT2D eigenvalue weighted by Crippen LogP contribution is 2.33. The van der Waals surface area contributed by atoms with E-state index in [1.165, 1.54) is 6.07 Å². The number of fused-ring (bicyclic) bond motifs is 1. The van der Waals surface area contributed by atoms with Gasteiger partial charge in [-0.25, -0.2) is 4.98 Å². The zero-order valence-electron chi connectivity index (χ0n) is 17.4. The maximum Gasteiger partial charge on any atom is 0.266 e. The Bertz CT molecular complexity index is 1410. The van der Waals surface area contributed by atoms with Crippen LogP contribution in [0.2, 0.25) is 20.1 Å². The van der Waals surface area contributed by atoms with Crippen LogP contribution >= 0.6 is 58.6 Å². The second-order valence-corrected chi connectivity index (χ2v) is 9.20. The summed E-state index contributed by atoms with van der Waals surface area (Å²) in [5.74, 6) is 0.214. The normalized spacial score (nSPS) is 11.8. The maximum atomic E-state index is 12.5. The number of thiocarbonyl (C=S) groups is 1. The van der Waals surface area contributed by atoms with Gasteiger partial charge in [0.2, 0.25) is 5.89 Å². The summed E-state index contributed by atoms with van der Waals surface area (Å²) < 4.78 is 11.4. The van der Waals surface area contributed by atoms with Crippen molar-refractivity contribution >= 4 is 86.4 Å². The molecular weight excluding hydrogens is 540 g/mol. The van der Waals surface area contributed by atoms with Gasteiger partial charge in [-0.1, -0.05) is 46.4 Å². The zero-order valence-corrected chi connectivity index (χ0v) is 21.2. The number of nitrogens with zero attached hydrogens (tertiary/aromatic N) is 1. The van der Waals surface area contributed by atoms with Crippen molar-refractivity contribution in [3.63, 3.8) is 0 Å². The Morgan fingerprint density at radius 2 is 1.74 bits per heavy atom. The first kappa shape index (κ1) is 24.6. The van der Waals surface area contributed by atoms with E-state index in [1.54, 1.807) is 55.5 Å². The number of carbonyl (C=O) groups excluding carboxylic acids is 1. The number of hydrogen-bond acceptors (Lipinski definition) is 5. The fourth-order valence-electron chi connectivity index (χ4n) is 2.97. The molecule has 2 N–H and O–H groups in total. The van der Waals surface area contributed by atoms with E-state index in [9.17, 15) is 4.79 Å². The van der Waals surface area contributed by atoms with Gasteiger partial charge in [0.25, 0.3) is 5.91 Å². The number of aromatic nitrogens is 1. The van der Waals surface area contributed by atoms with Gasteiger partial charge in [-0.05, 0) is 73.7 Å². The Hall–Kier alpha value is -2.55. The van der Waals surface area contributed by atoms with Gasteiger partial charge in [0.15, 0.2) is 16.8 Å². The summed E-state index contributed by atoms with van der Waals surface area (Å²) in [6.45, 7) is 1.58. The third-order valence-electron chi connectivity index (χ3n) is 4.61. The van der Waals surface area contributed by atoms with Gasteiger partial charge in [-0.2, -0.15) is 0 Å². The van der Waals surface area contributed by atoms with Crippen molar-refractivity contribution in [1.82, 2.24) is 10.3 Å². The summed E-state index contributed by atoms with van der Waals surface area (Å²) in [6.07, 6.45) is -0.860. The van der Waals surface area contributed by atoms with Crippen molar-refractivity contribution in [3.8, 4) is 17.2 Å². The van der Waals surface area contributed by atoms with E-state index in [1.807, 2.05) is 0 Å². The Morgan fingerprint density at radius 1 is 1.00 bits per heavy atom. The van der Waals surface area contributed by atoms with E-state index in [2.05, 4.69) is 15.6 Å². The van der Waals surface area contributed by atoms with Crippen LogP contribution in [0, 0.1) is 0 Å². The van der Waals surface area contributed by atoms with Crippen LogP contribution in [0.5, 0.6) is 5.75 Å². The third-order valence-corrected chi connectivity index (χ3v) is 5.91. The average Bonchev–Trinajstić information content (AvgIpc) is 3.20. The van der Waals surface area contributed by atoms with Crippen LogP contribution in [0.4, 0.5) is 5.69 Å². The second-order valence-electron chi connectivity index (χ2n) is 7.10. The van der Waals surface area contributed by atoms with Crippen molar-refractivity contribution in [3.05, 3.63) is 74.7 Å². The van der Waals surface area contributed by atoms with E-state index >= 15 is 0 Å². The molecule has 1 amide bonds. The standard InChI is InChI=1S/C23H15Cl4N3O3S/c1-11(32-19-6-3-13(25)9-17(19)27)21(31)30-23(34)28-14-4-7-20-18(10-14)29-22(33-20)15-8-12(24)2-5-16(15)26/h2-11H,1H3,(H2,28,30,31,34). The smallest absolute Gasteiger partial charge is 0.266 e. The SMILES string of the molecule is CC(Oc1ccc(Cl)cc1Cl)C(=O)NC(=S)Nc1ccc2oc(-c3cc(Cl)ccc3Cl)nc2c1. The van der Waals surface area contributed by atoms with Crippen LogP contribution in [0.1, 0.15) is 6.92 Å². The quantitative estimate of drug-likeness (QED) is 0.250. The van der Waals surface area contributed by atoms with Gasteiger partial charge in [0.05, 0.1) is 15.6 Å². The Balaban J connectivity index is 1.42. The number of ether oxygens (including phenoxy) is 1. The number of amides is 1. The highest BCUT2D eigenvalue weighted by atomic mass is 35.5. The number of rotatable bonds is 5. The van der Waals surface area contributed by atoms with Crippen LogP contribution in [0.15, 0.2) is 59.0 Å². The van der Waals surface area contributed by atoms with Crippen LogP contribution in [0.3, 0.4) is 0 Å². The Labute approximate surface area is 220 Å². The molecule has 0 saturated heterocycles. The third kappa shape index (κ3) is 5.74. The molecule has 1 aromatic heterocycles. The highest BCUT2D eigenvalue weighted by Gasteiger charge is 2.18. The average molecular weight is 555 g/mol. The number of oxazole rings is 1. The lowest BCUT2D eigenvalue weighted by atomic mass is 10.2. The second kappa shape index (κ2) is 10.4. The molecule has 4 rings (SSSR count). The van der Waals surface area contributed by atoms with E-state index in [0.29, 0.717) is 54.1 Å². The molecule has 1 atom stereocenters. The van der Waals surface area contributed by atoms with Crippen LogP contribution in [0.25, 0.3) is 22.6 Å². The molecule has 0 radical (unpaired) electrons. The molecule has 0 aliphatic carbocycles. The van der Waals surface area contributed by atoms with E-state index in [-0.39, 0.29) is 5.11 Å². The monoisotopic (exact) mass is 553 g/mol. The van der Waals surface area contributed by atoms with Crippen molar-refractivity contribution in [1.29, 1.82) is 0 Å². The number of anilines is 1. The number of nitrogens with one attached hydrogen (secondary N) is 2. The summed E-state index contributed by atoms with van der Waals surface area (Å²) in [7, 11) is 0. The molecule has 0 aliphatic rings. The lowest BCUT2D eigenvalue weighted by Gasteiger charge is -2.16. The summed E-state index contributed by atoms with van der Waals surface area (Å²) >= 11 is 29.5. The molecule has 0 aliphatic heterocycles. The number of benzene rings is 3. The lowest BCUT2D eigenvalue weighted by molar-refractivity contribution is -0.125. The lowest BCUT2D eigenvalue weighted by Crippen LogP contribution is -2.42. The molecule has 11 heteroatoms. The predicted molar refractivity (Wildman–Crippen MR) is 140 cm³/mol. The van der Waals surface area contributed by atoms with Gasteiger partial charge in [-0.3, -0.25) is 10.1 Å². The molecule has 0 saturated carbocycles. The molecule has 1 heterocycles. The molecule has 6 nitrogen and oxygen atoms in total. The zero-order chi connectivity index (χ0) is 24.4. The van der Waals surface area contributed by atoms with E-state index in [4.69, 9.17) is 67.8 Å². The van der Waals surface area contributed by atoms with Crippen molar-refractivity contribution in [2.75, 3.05) is 5.32 Å². The highest BCUT2D eigenvalue weighted by molar-refractivity contribution is 7.80. The van der Waals surface area contributed by atoms with E-state index in [0.717, 1.165) is 0 Å². The van der Waals surface area contributed by atoms with Crippen LogP contribution in [-0.2, 0) is 4.79 Å². The predicted octanol–water partition coefficient (Wildman–Crippen LogP) is 7.39. The topological polar surface area (TPSA) is 76.4 Å². The fraction of sp³-hybridized carbons (Fsp3) is 0.0870. The largest absolute Gasteiger partial charge is 0.479 e. The maximum absolute atomic E-state index is 12.5. The Morgan fingerprint density at radius 3 is 2.50 bits per heavy atom. The van der Waals surface area contributed by atoms with Gasteiger partial charge in [0, 0.05) is 15.7 Å². The molecule has 0 bridgehead atoms. The van der Waals surface area contributed by atoms with Crippen LogP contribution in [-0.4, -0.2) is 22.1 Å². The van der Waals surface area contributed by atoms with Gasteiger partial charge < -0.3 is 14.5 Å². The first-order valence-corrected chi connectivity index (χ1v) is 11.7. The molecule has 3 aromatic carbocycles. The van der Waals surface area contributed by atoms with Gasteiger partial charge in [-0.15, -0.1) is 0 Å². The molecule has 0 fully saturated rings. The van der Waals surface area contributed by atoms with Crippen LogP contribution < -0.4 is 15.4 Å². The van der Waals surface area contributed by atoms with Crippen molar-refractivity contribution in [2.24, 2.45) is 0 Å².